The molecule has 3 aromatic carbocycles. The summed E-state index contributed by atoms with van der Waals surface area (Å²) in [5, 5.41) is 11.5. The van der Waals surface area contributed by atoms with Crippen molar-refractivity contribution in [1.82, 2.24) is 0 Å². The molecular weight excluding hydrogens is 477 g/mol. The number of nitrogens with zero attached hydrogens (tertiary/aromatic N) is 1. The van der Waals surface area contributed by atoms with Crippen LogP contribution in [0.3, 0.4) is 0 Å². The van der Waals surface area contributed by atoms with Gasteiger partial charge in [-0.3, -0.25) is 14.5 Å². The molecule has 0 aliphatic carbocycles. The van der Waals surface area contributed by atoms with Crippen molar-refractivity contribution in [1.29, 1.82) is 0 Å². The summed E-state index contributed by atoms with van der Waals surface area (Å²) in [5.74, 6) is -2.45. The number of halogens is 2. The number of carbonyl (C=O) groups is 2. The Morgan fingerprint density at radius 2 is 1.72 bits per heavy atom. The third kappa shape index (κ3) is 3.31. The zero-order chi connectivity index (χ0) is 22.4. The number of aliphatic hydroxyl groups is 1. The Bertz CT molecular complexity index is 1390. The van der Waals surface area contributed by atoms with E-state index in [1.54, 1.807) is 42.5 Å². The summed E-state index contributed by atoms with van der Waals surface area (Å²) in [6, 6.07) is 20.2. The summed E-state index contributed by atoms with van der Waals surface area (Å²) >= 11 is 3.39. The molecule has 32 heavy (non-hydrogen) atoms. The molecule has 0 saturated carbocycles. The van der Waals surface area contributed by atoms with Gasteiger partial charge >= 0.3 is 0 Å². The van der Waals surface area contributed by atoms with Crippen LogP contribution in [0.1, 0.15) is 22.2 Å². The van der Waals surface area contributed by atoms with Crippen LogP contribution in [0.4, 0.5) is 10.1 Å². The highest BCUT2D eigenvalue weighted by molar-refractivity contribution is 9.10. The number of carbonyl (C=O) groups excluding carboxylic acids is 2. The lowest BCUT2D eigenvalue weighted by molar-refractivity contribution is -0.117. The second-order valence-electron chi connectivity index (χ2n) is 7.35. The Hall–Kier alpha value is -3.71. The molecule has 0 fully saturated rings. The van der Waals surface area contributed by atoms with Crippen molar-refractivity contribution < 1.29 is 23.5 Å². The quantitative estimate of drug-likeness (QED) is 0.349. The van der Waals surface area contributed by atoms with Crippen LogP contribution in [0.25, 0.3) is 11.0 Å². The molecule has 2 heterocycles. The number of aliphatic hydroxyl groups excluding tert-OH is 1. The fraction of sp³-hybridized carbons (Fsp3) is 0.0400. The molecular formula is C25H15BrFNO4. The average Bonchev–Trinajstić information content (AvgIpc) is 3.33. The second-order valence-corrected chi connectivity index (χ2v) is 8.26. The molecule has 1 aliphatic heterocycles. The fourth-order valence-electron chi connectivity index (χ4n) is 3.91. The molecule has 0 saturated heterocycles. The van der Waals surface area contributed by atoms with E-state index in [4.69, 9.17) is 4.42 Å². The maximum absolute atomic E-state index is 13.5. The number of ketones is 1. The van der Waals surface area contributed by atoms with Gasteiger partial charge in [0.2, 0.25) is 5.78 Å². The fourth-order valence-corrected chi connectivity index (χ4v) is 4.29. The molecule has 1 N–H and O–H groups in total. The van der Waals surface area contributed by atoms with Crippen molar-refractivity contribution in [3.63, 3.8) is 0 Å². The van der Waals surface area contributed by atoms with Crippen LogP contribution in [-0.2, 0) is 4.79 Å². The lowest BCUT2D eigenvalue weighted by Gasteiger charge is -2.26. The van der Waals surface area contributed by atoms with Gasteiger partial charge in [0, 0.05) is 15.5 Å². The Balaban J connectivity index is 1.65. The normalized spacial score (nSPS) is 16.2. The second kappa shape index (κ2) is 7.76. The Morgan fingerprint density at radius 1 is 1.00 bits per heavy atom. The minimum Gasteiger partial charge on any atom is -0.503 e. The molecule has 1 aromatic heterocycles. The van der Waals surface area contributed by atoms with Gasteiger partial charge in [0.25, 0.3) is 5.91 Å². The molecule has 1 atom stereocenters. The lowest BCUT2D eigenvalue weighted by Crippen LogP contribution is -2.31. The topological polar surface area (TPSA) is 70.8 Å². The van der Waals surface area contributed by atoms with E-state index in [0.717, 1.165) is 4.47 Å². The van der Waals surface area contributed by atoms with E-state index >= 15 is 0 Å². The first-order chi connectivity index (χ1) is 15.4. The van der Waals surface area contributed by atoms with Crippen LogP contribution < -0.4 is 4.90 Å². The third-order valence-corrected chi connectivity index (χ3v) is 5.87. The summed E-state index contributed by atoms with van der Waals surface area (Å²) < 4.78 is 20.0. The highest BCUT2D eigenvalue weighted by Crippen LogP contribution is 2.42. The maximum Gasteiger partial charge on any atom is 0.294 e. The standard InChI is InChI=1S/C25H15BrFNO4/c26-16-6-11-19-15(12-16)13-20(32-19)23(29)21-22(14-4-2-1-3-5-14)28(25(31)24(21)30)18-9-7-17(27)8-10-18/h1-13,22,30H. The van der Waals surface area contributed by atoms with Crippen LogP contribution in [-0.4, -0.2) is 16.8 Å². The smallest absolute Gasteiger partial charge is 0.294 e. The number of fused-ring (bicyclic) bond motifs is 1. The minimum absolute atomic E-state index is 0.00865. The molecule has 158 valence electrons. The summed E-state index contributed by atoms with van der Waals surface area (Å²) in [6.07, 6.45) is 0. The molecule has 1 aliphatic rings. The van der Waals surface area contributed by atoms with Crippen molar-refractivity contribution in [2.45, 2.75) is 6.04 Å². The number of furan rings is 1. The predicted molar refractivity (Wildman–Crippen MR) is 121 cm³/mol. The van der Waals surface area contributed by atoms with E-state index in [0.29, 0.717) is 22.2 Å². The Labute approximate surface area is 190 Å². The zero-order valence-corrected chi connectivity index (χ0v) is 18.0. The van der Waals surface area contributed by atoms with Crippen molar-refractivity contribution >= 4 is 44.3 Å². The predicted octanol–water partition coefficient (Wildman–Crippen LogP) is 6.12. The monoisotopic (exact) mass is 491 g/mol. The van der Waals surface area contributed by atoms with Gasteiger partial charge in [-0.25, -0.2) is 4.39 Å². The molecule has 5 nitrogen and oxygen atoms in total. The summed E-state index contributed by atoms with van der Waals surface area (Å²) in [4.78, 5) is 27.9. The third-order valence-electron chi connectivity index (χ3n) is 5.38. The van der Waals surface area contributed by atoms with Gasteiger partial charge in [0.05, 0.1) is 11.6 Å². The first-order valence-corrected chi connectivity index (χ1v) is 10.5. The Morgan fingerprint density at radius 3 is 2.44 bits per heavy atom. The molecule has 1 unspecified atom stereocenters. The SMILES string of the molecule is O=C(C1=C(O)C(=O)N(c2ccc(F)cc2)C1c1ccccc1)c1cc2cc(Br)ccc2o1. The van der Waals surface area contributed by atoms with Gasteiger partial charge in [-0.1, -0.05) is 46.3 Å². The molecule has 1 amide bonds. The average molecular weight is 492 g/mol. The number of anilines is 1. The summed E-state index contributed by atoms with van der Waals surface area (Å²) in [5.41, 5.74) is 1.39. The van der Waals surface area contributed by atoms with Crippen molar-refractivity contribution in [2.75, 3.05) is 4.90 Å². The summed E-state index contributed by atoms with van der Waals surface area (Å²) in [6.45, 7) is 0. The van der Waals surface area contributed by atoms with Gasteiger partial charge in [-0.2, -0.15) is 0 Å². The van der Waals surface area contributed by atoms with E-state index in [1.165, 1.54) is 29.2 Å². The highest BCUT2D eigenvalue weighted by atomic mass is 79.9. The number of benzene rings is 3. The number of rotatable bonds is 4. The van der Waals surface area contributed by atoms with Gasteiger partial charge in [0.15, 0.2) is 11.5 Å². The van der Waals surface area contributed by atoms with E-state index < -0.39 is 29.3 Å². The van der Waals surface area contributed by atoms with Crippen LogP contribution in [0, 0.1) is 5.82 Å². The van der Waals surface area contributed by atoms with Gasteiger partial charge < -0.3 is 9.52 Å². The van der Waals surface area contributed by atoms with Crippen LogP contribution in [0.5, 0.6) is 0 Å². The van der Waals surface area contributed by atoms with Crippen molar-refractivity contribution in [3.05, 3.63) is 112 Å². The lowest BCUT2D eigenvalue weighted by atomic mass is 9.95. The van der Waals surface area contributed by atoms with Gasteiger partial charge in [-0.05, 0) is 54.1 Å². The van der Waals surface area contributed by atoms with Gasteiger partial charge in [0.1, 0.15) is 11.4 Å². The molecule has 0 spiro atoms. The number of Topliss-reactive ketones (excluding diaryl/α,β-unsaturated/α-hetero) is 1. The maximum atomic E-state index is 13.5. The number of hydrogen-bond acceptors (Lipinski definition) is 4. The van der Waals surface area contributed by atoms with E-state index in [9.17, 15) is 19.1 Å². The first kappa shape index (κ1) is 20.2. The zero-order valence-electron chi connectivity index (χ0n) is 16.5. The van der Waals surface area contributed by atoms with Crippen molar-refractivity contribution in [3.8, 4) is 0 Å². The van der Waals surface area contributed by atoms with Crippen molar-refractivity contribution in [2.24, 2.45) is 0 Å². The highest BCUT2D eigenvalue weighted by Gasteiger charge is 2.45. The minimum atomic E-state index is -0.901. The van der Waals surface area contributed by atoms with E-state index in [-0.39, 0.29) is 11.3 Å². The summed E-state index contributed by atoms with van der Waals surface area (Å²) in [7, 11) is 0. The largest absolute Gasteiger partial charge is 0.503 e. The van der Waals surface area contributed by atoms with Crippen LogP contribution >= 0.6 is 15.9 Å². The first-order valence-electron chi connectivity index (χ1n) is 9.75. The molecule has 0 radical (unpaired) electrons. The van der Waals surface area contributed by atoms with Gasteiger partial charge in [-0.15, -0.1) is 0 Å². The molecule has 5 rings (SSSR count). The Kier molecular flexibility index (Phi) is 4.90. The van der Waals surface area contributed by atoms with Crippen LogP contribution in [0.15, 0.2) is 99.1 Å². The number of hydrogen-bond donors (Lipinski definition) is 1. The van der Waals surface area contributed by atoms with Crippen LogP contribution in [0.2, 0.25) is 0 Å². The molecule has 4 aromatic rings. The molecule has 7 heteroatoms. The van der Waals surface area contributed by atoms with E-state index in [1.807, 2.05) is 12.1 Å². The number of amides is 1. The van der Waals surface area contributed by atoms with E-state index in [2.05, 4.69) is 15.9 Å². The molecule has 0 bridgehead atoms.